The van der Waals surface area contributed by atoms with Crippen molar-refractivity contribution in [2.45, 2.75) is 58.0 Å². The Kier molecular flexibility index (Phi) is 7.43. The van der Waals surface area contributed by atoms with Gasteiger partial charge in [0, 0.05) is 18.5 Å². The topological polar surface area (TPSA) is 95.9 Å². The summed E-state index contributed by atoms with van der Waals surface area (Å²) in [5.41, 5.74) is 4.55. The molecular formula is C28H34N2O5. The highest BCUT2D eigenvalue weighted by molar-refractivity contribution is 5.87. The molecule has 1 fully saturated rings. The lowest BCUT2D eigenvalue weighted by molar-refractivity contribution is -0.150. The van der Waals surface area contributed by atoms with Crippen molar-refractivity contribution in [1.29, 1.82) is 0 Å². The van der Waals surface area contributed by atoms with Crippen LogP contribution in [0.3, 0.4) is 0 Å². The quantitative estimate of drug-likeness (QED) is 0.604. The maximum atomic E-state index is 13.4. The fraction of sp³-hybridized carbons (Fsp3) is 0.464. The summed E-state index contributed by atoms with van der Waals surface area (Å²) in [5.74, 6) is -1.63. The molecule has 4 rings (SSSR count). The number of alkyl carbamates (subject to hydrolysis) is 1. The van der Waals surface area contributed by atoms with E-state index in [0.29, 0.717) is 25.8 Å². The maximum absolute atomic E-state index is 13.4. The van der Waals surface area contributed by atoms with E-state index >= 15 is 0 Å². The lowest BCUT2D eigenvalue weighted by Gasteiger charge is -2.39. The highest BCUT2D eigenvalue weighted by atomic mass is 16.5. The zero-order valence-corrected chi connectivity index (χ0v) is 20.6. The molecule has 0 bridgehead atoms. The number of aliphatic carboxylic acids is 1. The Bertz CT molecular complexity index is 1050. The van der Waals surface area contributed by atoms with Crippen LogP contribution in [0, 0.1) is 11.8 Å². The molecule has 2 aromatic rings. The first kappa shape index (κ1) is 24.8. The second-order valence-electron chi connectivity index (χ2n) is 10.0. The van der Waals surface area contributed by atoms with Gasteiger partial charge in [-0.05, 0) is 54.4 Å². The van der Waals surface area contributed by atoms with Crippen molar-refractivity contribution in [3.63, 3.8) is 0 Å². The summed E-state index contributed by atoms with van der Waals surface area (Å²) in [5, 5.41) is 12.3. The molecule has 0 saturated carbocycles. The summed E-state index contributed by atoms with van der Waals surface area (Å²) in [6, 6.07) is 15.1. The van der Waals surface area contributed by atoms with Crippen LogP contribution < -0.4 is 5.32 Å². The summed E-state index contributed by atoms with van der Waals surface area (Å²) in [7, 11) is 0. The summed E-state index contributed by atoms with van der Waals surface area (Å²) in [4.78, 5) is 39.5. The van der Waals surface area contributed by atoms with Crippen molar-refractivity contribution in [3.05, 3.63) is 59.7 Å². The second kappa shape index (κ2) is 10.5. The van der Waals surface area contributed by atoms with Gasteiger partial charge in [-0.25, -0.2) is 4.79 Å². The normalized spacial score (nSPS) is 20.2. The van der Waals surface area contributed by atoms with Crippen molar-refractivity contribution >= 4 is 18.0 Å². The van der Waals surface area contributed by atoms with Gasteiger partial charge in [0.2, 0.25) is 5.91 Å². The predicted molar refractivity (Wildman–Crippen MR) is 133 cm³/mol. The number of carboxylic acid groups (broad SMARTS) is 1. The van der Waals surface area contributed by atoms with Gasteiger partial charge in [0.15, 0.2) is 0 Å². The molecule has 2 N–H and O–H groups in total. The SMILES string of the molecule is CC(C)C[C@@H](NC(=O)OCC1c2ccccc2-c2ccccc21)C(=O)N1CCCC(C(=O)O)C1C. The summed E-state index contributed by atoms with van der Waals surface area (Å²) >= 11 is 0. The first-order valence-electron chi connectivity index (χ1n) is 12.4. The van der Waals surface area contributed by atoms with Crippen LogP contribution in [0.25, 0.3) is 11.1 Å². The third kappa shape index (κ3) is 5.19. The van der Waals surface area contributed by atoms with E-state index in [1.54, 1.807) is 11.8 Å². The van der Waals surface area contributed by atoms with Crippen LogP contribution in [0.5, 0.6) is 0 Å². The number of hydrogen-bond acceptors (Lipinski definition) is 4. The highest BCUT2D eigenvalue weighted by Crippen LogP contribution is 2.44. The zero-order chi connectivity index (χ0) is 25.1. The molecule has 7 nitrogen and oxygen atoms in total. The molecule has 186 valence electrons. The molecule has 2 aliphatic rings. The number of ether oxygens (including phenoxy) is 1. The Morgan fingerprint density at radius 3 is 2.23 bits per heavy atom. The molecule has 35 heavy (non-hydrogen) atoms. The van der Waals surface area contributed by atoms with E-state index in [2.05, 4.69) is 29.6 Å². The number of amides is 2. The molecule has 0 radical (unpaired) electrons. The van der Waals surface area contributed by atoms with Crippen molar-refractivity contribution in [2.75, 3.05) is 13.2 Å². The number of carboxylic acids is 1. The molecule has 1 heterocycles. The second-order valence-corrected chi connectivity index (χ2v) is 10.0. The van der Waals surface area contributed by atoms with E-state index in [1.165, 1.54) is 0 Å². The third-order valence-electron chi connectivity index (χ3n) is 7.23. The van der Waals surface area contributed by atoms with Gasteiger partial charge >= 0.3 is 12.1 Å². The minimum atomic E-state index is -0.889. The molecule has 2 unspecified atom stereocenters. The van der Waals surface area contributed by atoms with Crippen molar-refractivity contribution < 1.29 is 24.2 Å². The van der Waals surface area contributed by atoms with Crippen LogP contribution in [0.2, 0.25) is 0 Å². The number of nitrogens with one attached hydrogen (secondary N) is 1. The largest absolute Gasteiger partial charge is 0.481 e. The number of carbonyl (C=O) groups is 3. The number of benzene rings is 2. The van der Waals surface area contributed by atoms with Crippen LogP contribution in [0.4, 0.5) is 4.79 Å². The summed E-state index contributed by atoms with van der Waals surface area (Å²) in [6.07, 6.45) is 0.996. The van der Waals surface area contributed by atoms with Gasteiger partial charge in [-0.3, -0.25) is 9.59 Å². The Morgan fingerprint density at radius 2 is 1.66 bits per heavy atom. The number of piperidine rings is 1. The van der Waals surface area contributed by atoms with Crippen LogP contribution in [0.15, 0.2) is 48.5 Å². The van der Waals surface area contributed by atoms with E-state index < -0.39 is 30.1 Å². The van der Waals surface area contributed by atoms with Gasteiger partial charge in [-0.1, -0.05) is 62.4 Å². The van der Waals surface area contributed by atoms with Gasteiger partial charge in [0.25, 0.3) is 0 Å². The lowest BCUT2D eigenvalue weighted by atomic mass is 9.89. The smallest absolute Gasteiger partial charge is 0.407 e. The molecule has 7 heteroatoms. The minimum Gasteiger partial charge on any atom is -0.481 e. The Morgan fingerprint density at radius 1 is 1.06 bits per heavy atom. The van der Waals surface area contributed by atoms with E-state index in [1.807, 2.05) is 38.1 Å². The summed E-state index contributed by atoms with van der Waals surface area (Å²) in [6.45, 7) is 6.41. The van der Waals surface area contributed by atoms with Crippen molar-refractivity contribution in [3.8, 4) is 11.1 Å². The van der Waals surface area contributed by atoms with Crippen LogP contribution >= 0.6 is 0 Å². The summed E-state index contributed by atoms with van der Waals surface area (Å²) < 4.78 is 5.66. The fourth-order valence-corrected chi connectivity index (χ4v) is 5.46. The molecule has 1 aliphatic carbocycles. The number of hydrogen-bond donors (Lipinski definition) is 2. The monoisotopic (exact) mass is 478 g/mol. The fourth-order valence-electron chi connectivity index (χ4n) is 5.46. The molecule has 1 saturated heterocycles. The number of likely N-dealkylation sites (tertiary alicyclic amines) is 1. The number of rotatable bonds is 7. The highest BCUT2D eigenvalue weighted by Gasteiger charge is 2.38. The molecule has 2 aromatic carbocycles. The predicted octanol–water partition coefficient (Wildman–Crippen LogP) is 4.65. The standard InChI is InChI=1S/C28H34N2O5/c1-17(2)15-25(26(31)30-14-8-13-19(18(30)3)27(32)33)29-28(34)35-16-24-22-11-6-4-9-20(22)21-10-5-7-12-23(21)24/h4-7,9-12,17-19,24-25H,8,13-16H2,1-3H3,(H,29,34)(H,32,33)/t18?,19?,25-/m1/s1. The maximum Gasteiger partial charge on any atom is 0.407 e. The van der Waals surface area contributed by atoms with Gasteiger partial charge in [0.05, 0.1) is 5.92 Å². The molecule has 0 aromatic heterocycles. The average Bonchev–Trinajstić information content (AvgIpc) is 3.15. The Hall–Kier alpha value is -3.35. The van der Waals surface area contributed by atoms with Gasteiger partial charge in [-0.15, -0.1) is 0 Å². The van der Waals surface area contributed by atoms with Crippen LogP contribution in [-0.2, 0) is 14.3 Å². The third-order valence-corrected chi connectivity index (χ3v) is 7.23. The van der Waals surface area contributed by atoms with Crippen molar-refractivity contribution in [1.82, 2.24) is 10.2 Å². The molecular weight excluding hydrogens is 444 g/mol. The van der Waals surface area contributed by atoms with E-state index in [9.17, 15) is 19.5 Å². The Balaban J connectivity index is 1.44. The lowest BCUT2D eigenvalue weighted by Crippen LogP contribution is -2.56. The van der Waals surface area contributed by atoms with Gasteiger partial charge < -0.3 is 20.1 Å². The number of fused-ring (bicyclic) bond motifs is 3. The molecule has 1 aliphatic heterocycles. The Labute approximate surface area is 206 Å². The van der Waals surface area contributed by atoms with E-state index in [4.69, 9.17) is 4.74 Å². The van der Waals surface area contributed by atoms with E-state index in [0.717, 1.165) is 22.3 Å². The first-order chi connectivity index (χ1) is 16.8. The average molecular weight is 479 g/mol. The minimum absolute atomic E-state index is 0.0640. The number of nitrogens with zero attached hydrogens (tertiary/aromatic N) is 1. The first-order valence-corrected chi connectivity index (χ1v) is 12.4. The van der Waals surface area contributed by atoms with Gasteiger partial charge in [0.1, 0.15) is 12.6 Å². The molecule has 2 amide bonds. The van der Waals surface area contributed by atoms with Crippen molar-refractivity contribution in [2.24, 2.45) is 11.8 Å². The molecule has 0 spiro atoms. The van der Waals surface area contributed by atoms with E-state index in [-0.39, 0.29) is 24.3 Å². The van der Waals surface area contributed by atoms with Crippen LogP contribution in [0.1, 0.15) is 57.1 Å². The zero-order valence-electron chi connectivity index (χ0n) is 20.6. The number of carbonyl (C=O) groups excluding carboxylic acids is 2. The molecule has 3 atom stereocenters. The van der Waals surface area contributed by atoms with Crippen LogP contribution in [-0.4, -0.2) is 53.2 Å². The van der Waals surface area contributed by atoms with Gasteiger partial charge in [-0.2, -0.15) is 0 Å².